The molecule has 0 radical (unpaired) electrons. The largest absolute Gasteiger partial charge is 0.490 e. The highest BCUT2D eigenvalue weighted by atomic mass is 79.9. The first-order valence-electron chi connectivity index (χ1n) is 12.7. The van der Waals surface area contributed by atoms with Crippen LogP contribution >= 0.6 is 15.9 Å². The molecule has 4 fully saturated rings. The molecule has 2 unspecified atom stereocenters. The van der Waals surface area contributed by atoms with Gasteiger partial charge in [-0.25, -0.2) is 0 Å². The molecule has 2 atom stereocenters. The Morgan fingerprint density at radius 3 is 2.29 bits per heavy atom. The lowest BCUT2D eigenvalue weighted by Gasteiger charge is -2.65. The van der Waals surface area contributed by atoms with Gasteiger partial charge in [0.05, 0.1) is 11.5 Å². The average Bonchev–Trinajstić information content (AvgIpc) is 2.76. The minimum absolute atomic E-state index is 0.0744. The maximum atomic E-state index is 10.9. The molecule has 4 bridgehead atoms. The van der Waals surface area contributed by atoms with E-state index in [1.165, 1.54) is 56.2 Å². The first kappa shape index (κ1) is 24.6. The van der Waals surface area contributed by atoms with E-state index < -0.39 is 4.92 Å². The van der Waals surface area contributed by atoms with Crippen LogP contribution in [0.15, 0.2) is 40.9 Å². The molecule has 4 aliphatic rings. The second-order valence-electron chi connectivity index (χ2n) is 11.8. The van der Waals surface area contributed by atoms with E-state index in [2.05, 4.69) is 41.2 Å². The lowest BCUT2D eigenvalue weighted by atomic mass is 9.43. The molecule has 0 amide bonds. The number of rotatable bonds is 9. The summed E-state index contributed by atoms with van der Waals surface area (Å²) in [5, 5.41) is 14.9. The molecule has 2 aromatic carbocycles. The molecule has 0 aromatic heterocycles. The average molecular weight is 544 g/mol. The third-order valence-corrected chi connectivity index (χ3v) is 8.97. The van der Waals surface area contributed by atoms with Crippen molar-refractivity contribution in [3.05, 3.63) is 62.1 Å². The van der Waals surface area contributed by atoms with Crippen LogP contribution in [0, 0.1) is 26.9 Å². The van der Waals surface area contributed by atoms with Gasteiger partial charge in [0.1, 0.15) is 6.61 Å². The molecule has 0 spiro atoms. The molecule has 188 valence electrons. The Bertz CT molecular complexity index is 1100. The van der Waals surface area contributed by atoms with Gasteiger partial charge in [0.25, 0.3) is 5.69 Å². The summed E-state index contributed by atoms with van der Waals surface area (Å²) in [7, 11) is 0. The van der Waals surface area contributed by atoms with Crippen LogP contribution < -0.4 is 14.8 Å². The van der Waals surface area contributed by atoms with E-state index in [-0.39, 0.29) is 11.2 Å². The molecule has 4 aliphatic carbocycles. The van der Waals surface area contributed by atoms with E-state index >= 15 is 0 Å². The van der Waals surface area contributed by atoms with Crippen molar-refractivity contribution in [3.8, 4) is 11.5 Å². The van der Waals surface area contributed by atoms with Crippen molar-refractivity contribution in [1.29, 1.82) is 0 Å². The number of nitro benzene ring substituents is 1. The summed E-state index contributed by atoms with van der Waals surface area (Å²) < 4.78 is 13.0. The topological polar surface area (TPSA) is 73.6 Å². The van der Waals surface area contributed by atoms with Crippen LogP contribution in [0.2, 0.25) is 0 Å². The minimum Gasteiger partial charge on any atom is -0.490 e. The first-order valence-corrected chi connectivity index (χ1v) is 13.5. The predicted octanol–water partition coefficient (Wildman–Crippen LogP) is 7.17. The fraction of sp³-hybridized carbons (Fsp3) is 0.571. The Morgan fingerprint density at radius 2 is 1.69 bits per heavy atom. The lowest BCUT2D eigenvalue weighted by Crippen LogP contribution is -2.63. The smallest absolute Gasteiger partial charge is 0.269 e. The fourth-order valence-electron chi connectivity index (χ4n) is 7.90. The van der Waals surface area contributed by atoms with Crippen LogP contribution in [-0.4, -0.2) is 17.1 Å². The Labute approximate surface area is 216 Å². The number of nitrogens with one attached hydrogen (secondary N) is 1. The quantitative estimate of drug-likeness (QED) is 0.268. The van der Waals surface area contributed by atoms with Gasteiger partial charge in [0.2, 0.25) is 0 Å². The molecule has 0 aliphatic heterocycles. The fourth-order valence-corrected chi connectivity index (χ4v) is 8.36. The highest BCUT2D eigenvalue weighted by molar-refractivity contribution is 9.10. The zero-order valence-electron chi connectivity index (χ0n) is 20.9. The van der Waals surface area contributed by atoms with Gasteiger partial charge < -0.3 is 14.8 Å². The van der Waals surface area contributed by atoms with Gasteiger partial charge in [-0.15, -0.1) is 0 Å². The molecule has 35 heavy (non-hydrogen) atoms. The van der Waals surface area contributed by atoms with Gasteiger partial charge in [0, 0.05) is 28.7 Å². The molecule has 6 rings (SSSR count). The van der Waals surface area contributed by atoms with Crippen molar-refractivity contribution in [2.75, 3.05) is 6.61 Å². The van der Waals surface area contributed by atoms with Gasteiger partial charge in [0.15, 0.2) is 11.5 Å². The van der Waals surface area contributed by atoms with Crippen LogP contribution in [0.4, 0.5) is 5.69 Å². The van der Waals surface area contributed by atoms with Crippen molar-refractivity contribution in [2.45, 2.75) is 78.0 Å². The summed E-state index contributed by atoms with van der Waals surface area (Å²) in [6, 6.07) is 10.5. The summed E-state index contributed by atoms with van der Waals surface area (Å²) in [4.78, 5) is 10.5. The van der Waals surface area contributed by atoms with Crippen molar-refractivity contribution in [3.63, 3.8) is 0 Å². The highest BCUT2D eigenvalue weighted by Crippen LogP contribution is 2.66. The normalized spacial score (nSPS) is 30.9. The summed E-state index contributed by atoms with van der Waals surface area (Å²) in [6.45, 7) is 8.63. The number of hydrogen-bond donors (Lipinski definition) is 1. The number of nitrogens with zero attached hydrogens (tertiary/aromatic N) is 1. The van der Waals surface area contributed by atoms with Gasteiger partial charge in [-0.3, -0.25) is 10.1 Å². The maximum Gasteiger partial charge on any atom is 0.269 e. The van der Waals surface area contributed by atoms with E-state index in [1.54, 1.807) is 12.1 Å². The third-order valence-electron chi connectivity index (χ3n) is 8.23. The number of ether oxygens (including phenoxy) is 2. The van der Waals surface area contributed by atoms with E-state index in [0.717, 1.165) is 28.2 Å². The zero-order valence-corrected chi connectivity index (χ0v) is 22.4. The number of nitro groups is 1. The van der Waals surface area contributed by atoms with Crippen LogP contribution in [-0.2, 0) is 13.2 Å². The number of hydrogen-bond acceptors (Lipinski definition) is 5. The van der Waals surface area contributed by atoms with E-state index in [1.807, 2.05) is 13.0 Å². The summed E-state index contributed by atoms with van der Waals surface area (Å²) in [5.74, 6) is 2.24. The Kier molecular flexibility index (Phi) is 6.37. The summed E-state index contributed by atoms with van der Waals surface area (Å²) >= 11 is 3.77. The second kappa shape index (κ2) is 9.07. The zero-order chi connectivity index (χ0) is 24.8. The SMILES string of the molecule is CCOc1cc(CNC23CC4CC(C)(CC(C)(C4)C2)C3)c(Br)cc1OCc1ccc([N+](=O)[O-])cc1. The van der Waals surface area contributed by atoms with E-state index in [9.17, 15) is 10.1 Å². The number of halogens is 1. The van der Waals surface area contributed by atoms with Gasteiger partial charge in [-0.05, 0) is 97.6 Å². The summed E-state index contributed by atoms with van der Waals surface area (Å²) in [6.07, 6.45) is 8.01. The molecule has 4 saturated carbocycles. The van der Waals surface area contributed by atoms with Crippen molar-refractivity contribution in [2.24, 2.45) is 16.7 Å². The number of benzene rings is 2. The monoisotopic (exact) mass is 542 g/mol. The van der Waals surface area contributed by atoms with Crippen LogP contribution in [0.1, 0.15) is 70.4 Å². The van der Waals surface area contributed by atoms with Crippen LogP contribution in [0.25, 0.3) is 0 Å². The van der Waals surface area contributed by atoms with Gasteiger partial charge >= 0.3 is 0 Å². The second-order valence-corrected chi connectivity index (χ2v) is 12.7. The van der Waals surface area contributed by atoms with Crippen LogP contribution in [0.5, 0.6) is 11.5 Å². The van der Waals surface area contributed by atoms with Crippen molar-refractivity contribution in [1.82, 2.24) is 5.32 Å². The first-order chi connectivity index (χ1) is 16.6. The standard InChI is InChI=1S/C28H35BrN2O4/c1-4-34-24-9-21(14-30-28-13-20-11-26(2,17-28)16-27(3,12-20)18-28)23(29)10-25(24)35-15-19-5-7-22(8-6-19)31(32)33/h5-10,20,30H,4,11-18H2,1-3H3. The van der Waals surface area contributed by atoms with Gasteiger partial charge in [-0.1, -0.05) is 29.8 Å². The molecule has 7 heteroatoms. The Balaban J connectivity index is 1.30. The molecular weight excluding hydrogens is 508 g/mol. The van der Waals surface area contributed by atoms with E-state index in [4.69, 9.17) is 9.47 Å². The molecule has 1 N–H and O–H groups in total. The van der Waals surface area contributed by atoms with Crippen LogP contribution in [0.3, 0.4) is 0 Å². The molecule has 0 heterocycles. The minimum atomic E-state index is -0.397. The molecule has 0 saturated heterocycles. The maximum absolute atomic E-state index is 10.9. The number of non-ortho nitro benzene ring substituents is 1. The highest BCUT2D eigenvalue weighted by Gasteiger charge is 2.59. The molecule has 2 aromatic rings. The lowest BCUT2D eigenvalue weighted by molar-refractivity contribution is -0.384. The van der Waals surface area contributed by atoms with Crippen molar-refractivity contribution >= 4 is 21.6 Å². The Hall–Kier alpha value is -2.12. The van der Waals surface area contributed by atoms with Gasteiger partial charge in [-0.2, -0.15) is 0 Å². The molecular formula is C28H35BrN2O4. The Morgan fingerprint density at radius 1 is 1.03 bits per heavy atom. The van der Waals surface area contributed by atoms with Crippen molar-refractivity contribution < 1.29 is 14.4 Å². The van der Waals surface area contributed by atoms with E-state index in [0.29, 0.717) is 29.8 Å². The third kappa shape index (κ3) is 5.08. The molecule has 6 nitrogen and oxygen atoms in total. The summed E-state index contributed by atoms with van der Waals surface area (Å²) in [5.41, 5.74) is 3.30. The predicted molar refractivity (Wildman–Crippen MR) is 140 cm³/mol.